The summed E-state index contributed by atoms with van der Waals surface area (Å²) in [5.41, 5.74) is -4.82. The van der Waals surface area contributed by atoms with Crippen LogP contribution in [0.3, 0.4) is 0 Å². The van der Waals surface area contributed by atoms with Crippen molar-refractivity contribution in [2.24, 2.45) is 0 Å². The molecule has 2 aliphatic carbocycles. The van der Waals surface area contributed by atoms with E-state index < -0.39 is 35.3 Å². The first-order chi connectivity index (χ1) is 24.9. The quantitative estimate of drug-likeness (QED) is 0.134. The summed E-state index contributed by atoms with van der Waals surface area (Å²) in [5, 5.41) is 88.4. The van der Waals surface area contributed by atoms with Gasteiger partial charge in [0.2, 0.25) is 11.2 Å². The average Bonchev–Trinajstić information content (AvgIpc) is 3.14. The smallest absolute Gasteiger partial charge is 0.343 e. The minimum atomic E-state index is -2.59. The zero-order valence-corrected chi connectivity index (χ0v) is 27.3. The molecule has 8 rings (SSSR count). The van der Waals surface area contributed by atoms with Crippen LogP contribution in [0.2, 0.25) is 0 Å². The summed E-state index contributed by atoms with van der Waals surface area (Å²) in [6, 6.07) is 34.4. The monoisotopic (exact) mass is 696 g/mol. The van der Waals surface area contributed by atoms with Crippen molar-refractivity contribution in [3.05, 3.63) is 153 Å². The lowest BCUT2D eigenvalue weighted by Crippen LogP contribution is -2.56. The van der Waals surface area contributed by atoms with Crippen LogP contribution in [0.25, 0.3) is 44.8 Å². The number of phenols is 2. The third-order valence-corrected chi connectivity index (χ3v) is 9.72. The number of aromatic hydroxyl groups is 2. The molecule has 0 radical (unpaired) electrons. The summed E-state index contributed by atoms with van der Waals surface area (Å²) in [7, 11) is 0. The summed E-state index contributed by atoms with van der Waals surface area (Å²) in [4.78, 5) is 24.0. The largest absolute Gasteiger partial charge is 0.507 e. The molecule has 260 valence electrons. The lowest BCUT2D eigenvalue weighted by atomic mass is 9.77. The molecule has 52 heavy (non-hydrogen) atoms. The number of carbonyl (C=O) groups is 2. The van der Waals surface area contributed by atoms with Crippen LogP contribution in [-0.4, -0.2) is 76.2 Å². The fraction of sp³-hybridized carbons (Fsp3) is 0.0952. The van der Waals surface area contributed by atoms with E-state index in [-0.39, 0.29) is 33.8 Å². The molecule has 6 aromatic rings. The molecular weight excluding hydrogens is 664 g/mol. The molecule has 0 aromatic heterocycles. The maximum absolute atomic E-state index is 12.0. The van der Waals surface area contributed by atoms with Crippen molar-refractivity contribution in [3.63, 3.8) is 0 Å². The molecule has 10 nitrogen and oxygen atoms in total. The van der Waals surface area contributed by atoms with Crippen molar-refractivity contribution in [1.29, 1.82) is 0 Å². The van der Waals surface area contributed by atoms with E-state index in [0.717, 1.165) is 10.8 Å². The van der Waals surface area contributed by atoms with Gasteiger partial charge in [0.15, 0.2) is 0 Å². The number of hydrogen-bond acceptors (Lipinski definition) is 8. The van der Waals surface area contributed by atoms with Gasteiger partial charge in [0.25, 0.3) is 0 Å². The van der Waals surface area contributed by atoms with Gasteiger partial charge in [0.1, 0.15) is 23.7 Å². The van der Waals surface area contributed by atoms with Gasteiger partial charge in [-0.2, -0.15) is 0 Å². The van der Waals surface area contributed by atoms with Crippen molar-refractivity contribution in [2.45, 2.75) is 23.4 Å². The summed E-state index contributed by atoms with van der Waals surface area (Å²) >= 11 is 0. The third kappa shape index (κ3) is 5.21. The fourth-order valence-electron chi connectivity index (χ4n) is 7.19. The maximum atomic E-state index is 12.0. The van der Waals surface area contributed by atoms with Gasteiger partial charge in [-0.3, -0.25) is 0 Å². The van der Waals surface area contributed by atoms with Crippen LogP contribution in [0.1, 0.15) is 11.1 Å². The van der Waals surface area contributed by atoms with Crippen LogP contribution in [0.15, 0.2) is 121 Å². The zero-order valence-electron chi connectivity index (χ0n) is 27.3. The second-order valence-corrected chi connectivity index (χ2v) is 12.7. The van der Waals surface area contributed by atoms with Crippen LogP contribution < -0.4 is 20.9 Å². The number of phenolic OH excluding ortho intramolecular Hbond substituents is 2. The number of hydrogen-bond donors (Lipinski definition) is 8. The fourth-order valence-corrected chi connectivity index (χ4v) is 7.19. The Morgan fingerprint density at radius 3 is 1.21 bits per heavy atom. The molecule has 4 atom stereocenters. The highest BCUT2D eigenvalue weighted by Gasteiger charge is 2.50. The molecule has 0 saturated heterocycles. The Kier molecular flexibility index (Phi) is 8.40. The summed E-state index contributed by atoms with van der Waals surface area (Å²) in [6.07, 6.45) is -0.698. The average molecular weight is 697 g/mol. The van der Waals surface area contributed by atoms with E-state index in [1.54, 1.807) is 84.9 Å². The van der Waals surface area contributed by atoms with Crippen LogP contribution in [0.4, 0.5) is 0 Å². The first kappa shape index (κ1) is 34.2. The van der Waals surface area contributed by atoms with Crippen molar-refractivity contribution in [2.75, 3.05) is 0 Å². The van der Waals surface area contributed by atoms with E-state index in [1.165, 1.54) is 24.3 Å². The predicted molar refractivity (Wildman–Crippen MR) is 194 cm³/mol. The molecular formula is C42H32O10. The van der Waals surface area contributed by atoms with Gasteiger partial charge < -0.3 is 40.9 Å². The van der Waals surface area contributed by atoms with E-state index in [9.17, 15) is 50.4 Å². The molecule has 0 amide bonds. The molecule has 10 heteroatoms. The molecule has 4 unspecified atom stereocenters. The Hall–Kier alpha value is -6.30. The van der Waals surface area contributed by atoms with E-state index in [1.807, 2.05) is 24.3 Å². The Morgan fingerprint density at radius 1 is 0.481 bits per heavy atom. The lowest BCUT2D eigenvalue weighted by molar-refractivity contribution is -0.159. The summed E-state index contributed by atoms with van der Waals surface area (Å²) in [6.45, 7) is 0. The molecule has 0 aliphatic heterocycles. The van der Waals surface area contributed by atoms with Gasteiger partial charge in [-0.25, -0.2) is 9.59 Å². The Bertz CT molecular complexity index is 2520. The number of carboxylic acid groups (broad SMARTS) is 2. The topological polar surface area (TPSA) is 196 Å². The highest BCUT2D eigenvalue weighted by molar-refractivity contribution is 6.07. The van der Waals surface area contributed by atoms with E-state index in [0.29, 0.717) is 31.6 Å². The van der Waals surface area contributed by atoms with E-state index >= 15 is 0 Å². The Labute approximate surface area is 295 Å². The molecule has 0 bridgehead atoms. The Morgan fingerprint density at radius 2 is 0.827 bits per heavy atom. The Balaban J connectivity index is 0.000000162. The molecule has 2 aliphatic rings. The van der Waals surface area contributed by atoms with Gasteiger partial charge in [-0.15, -0.1) is 0 Å². The molecule has 0 spiro atoms. The zero-order chi connectivity index (χ0) is 36.9. The molecule has 0 heterocycles. The number of aliphatic carboxylic acids is 2. The maximum Gasteiger partial charge on any atom is 0.343 e. The number of aliphatic hydroxyl groups is 4. The molecule has 0 fully saturated rings. The highest BCUT2D eigenvalue weighted by Crippen LogP contribution is 2.41. The molecule has 8 N–H and O–H groups in total. The molecule has 0 saturated carbocycles. The van der Waals surface area contributed by atoms with Crippen LogP contribution in [0, 0.1) is 0 Å². The van der Waals surface area contributed by atoms with E-state index in [2.05, 4.69) is 0 Å². The van der Waals surface area contributed by atoms with Gasteiger partial charge in [0, 0.05) is 22.3 Å². The number of carboxylic acids is 2. The number of benzene rings is 6. The third-order valence-electron chi connectivity index (χ3n) is 9.72. The minimum absolute atomic E-state index is 0.0232. The standard InChI is InChI=1S/2C21H16O5/c2*22-16-10-9-12-5-1-3-7-14(12)18(16)19-15-8-4-2-6-13(15)11-17(23)21(19,26)20(24)25/h2*1-11,17,22-23,26H,(H,24,25). The SMILES string of the molecule is O=C(O)C1(O)C(c2c(O)ccc3ccccc23)=c2ccccc2=CC1O.O=C(O)C1(O)C(c2c(O)ccc3ccccc23)=c2ccccc2=CC1O. The summed E-state index contributed by atoms with van der Waals surface area (Å²) < 4.78 is 0. The first-order valence-corrected chi connectivity index (χ1v) is 16.2. The number of aliphatic hydroxyl groups excluding tert-OH is 2. The van der Waals surface area contributed by atoms with Crippen molar-refractivity contribution in [3.8, 4) is 11.5 Å². The highest BCUT2D eigenvalue weighted by atomic mass is 16.4. The second-order valence-electron chi connectivity index (χ2n) is 12.7. The molecule has 6 aromatic carbocycles. The van der Waals surface area contributed by atoms with Crippen molar-refractivity contribution < 1.29 is 50.4 Å². The van der Waals surface area contributed by atoms with Crippen LogP contribution in [0.5, 0.6) is 11.5 Å². The second kappa shape index (κ2) is 12.8. The van der Waals surface area contributed by atoms with Gasteiger partial charge in [0.05, 0.1) is 0 Å². The lowest BCUT2D eigenvalue weighted by Gasteiger charge is -2.33. The number of rotatable bonds is 4. The van der Waals surface area contributed by atoms with Gasteiger partial charge in [-0.1, -0.05) is 109 Å². The van der Waals surface area contributed by atoms with Crippen molar-refractivity contribution in [1.82, 2.24) is 0 Å². The first-order valence-electron chi connectivity index (χ1n) is 16.2. The van der Waals surface area contributed by atoms with Gasteiger partial charge >= 0.3 is 11.9 Å². The van der Waals surface area contributed by atoms with Crippen LogP contribution in [-0.2, 0) is 9.59 Å². The number of fused-ring (bicyclic) bond motifs is 4. The van der Waals surface area contributed by atoms with Gasteiger partial charge in [-0.05, 0) is 66.7 Å². The van der Waals surface area contributed by atoms with Crippen molar-refractivity contribution >= 4 is 56.8 Å². The van der Waals surface area contributed by atoms with E-state index in [4.69, 9.17) is 0 Å². The minimum Gasteiger partial charge on any atom is -0.507 e. The predicted octanol–water partition coefficient (Wildman–Crippen LogP) is 1.43. The normalized spacial score (nSPS) is 21.9. The van der Waals surface area contributed by atoms with Crippen LogP contribution >= 0.6 is 0 Å². The summed E-state index contributed by atoms with van der Waals surface area (Å²) in [5.74, 6) is -3.50.